The first-order chi connectivity index (χ1) is 13.0. The van der Waals surface area contributed by atoms with Gasteiger partial charge in [0, 0.05) is 27.5 Å². The second-order valence-electron chi connectivity index (χ2n) is 6.62. The van der Waals surface area contributed by atoms with Gasteiger partial charge in [0.15, 0.2) is 0 Å². The van der Waals surface area contributed by atoms with E-state index in [-0.39, 0.29) is 0 Å². The number of aromatic carboxylic acids is 1. The molecular formula is C23H18BrNO2. The summed E-state index contributed by atoms with van der Waals surface area (Å²) in [5.41, 5.74) is 5.14. The summed E-state index contributed by atoms with van der Waals surface area (Å²) in [5.74, 6) is -0.918. The zero-order valence-corrected chi connectivity index (χ0v) is 16.4. The molecule has 3 nitrogen and oxygen atoms in total. The number of hydrogen-bond acceptors (Lipinski definition) is 1. The normalized spacial score (nSPS) is 11.0. The summed E-state index contributed by atoms with van der Waals surface area (Å²) in [5, 5.41) is 11.0. The van der Waals surface area contributed by atoms with Crippen LogP contribution in [0.5, 0.6) is 0 Å². The molecule has 0 fully saturated rings. The Morgan fingerprint density at radius 2 is 1.63 bits per heavy atom. The number of benzene rings is 3. The van der Waals surface area contributed by atoms with Crippen molar-refractivity contribution in [2.24, 2.45) is 0 Å². The van der Waals surface area contributed by atoms with Gasteiger partial charge in [-0.05, 0) is 36.2 Å². The first-order valence-electron chi connectivity index (χ1n) is 8.70. The number of aryl methyl sites for hydroxylation is 1. The van der Waals surface area contributed by atoms with Crippen molar-refractivity contribution in [3.05, 3.63) is 94.1 Å². The summed E-state index contributed by atoms with van der Waals surface area (Å²) >= 11 is 3.45. The van der Waals surface area contributed by atoms with Crippen LogP contribution >= 0.6 is 15.9 Å². The predicted octanol–water partition coefficient (Wildman–Crippen LogP) is 6.13. The lowest BCUT2D eigenvalue weighted by Gasteiger charge is -2.10. The van der Waals surface area contributed by atoms with Gasteiger partial charge in [0.25, 0.3) is 0 Å². The van der Waals surface area contributed by atoms with Crippen LogP contribution in [0.2, 0.25) is 0 Å². The standard InChI is InChI=1S/C23H18BrNO2/c1-15-6-10-17(11-7-15)21-19-4-2-3-5-20(19)25(22(21)23(26)27)14-16-8-12-18(24)13-9-16/h2-13H,14H2,1H3,(H,26,27). The largest absolute Gasteiger partial charge is 0.477 e. The highest BCUT2D eigenvalue weighted by Gasteiger charge is 2.23. The van der Waals surface area contributed by atoms with Crippen LogP contribution in [-0.2, 0) is 6.54 Å². The molecule has 134 valence electrons. The van der Waals surface area contributed by atoms with Gasteiger partial charge in [0.1, 0.15) is 5.69 Å². The van der Waals surface area contributed by atoms with Crippen LogP contribution in [0, 0.1) is 6.92 Å². The van der Waals surface area contributed by atoms with E-state index in [2.05, 4.69) is 15.9 Å². The lowest BCUT2D eigenvalue weighted by molar-refractivity contribution is 0.0687. The molecule has 0 atom stereocenters. The van der Waals surface area contributed by atoms with Gasteiger partial charge in [-0.1, -0.05) is 76.1 Å². The molecule has 4 rings (SSSR count). The van der Waals surface area contributed by atoms with Crippen LogP contribution in [0.3, 0.4) is 0 Å². The molecule has 4 heteroatoms. The number of carboxylic acid groups (broad SMARTS) is 1. The van der Waals surface area contributed by atoms with Gasteiger partial charge >= 0.3 is 5.97 Å². The molecule has 27 heavy (non-hydrogen) atoms. The SMILES string of the molecule is Cc1ccc(-c2c(C(=O)O)n(Cc3ccc(Br)cc3)c3ccccc23)cc1. The van der Waals surface area contributed by atoms with Gasteiger partial charge in [0.05, 0.1) is 0 Å². The van der Waals surface area contributed by atoms with E-state index in [0.29, 0.717) is 12.2 Å². The van der Waals surface area contributed by atoms with E-state index in [1.807, 2.05) is 84.3 Å². The average Bonchev–Trinajstić information content (AvgIpc) is 2.99. The Bertz CT molecular complexity index is 1130. The fourth-order valence-electron chi connectivity index (χ4n) is 3.47. The summed E-state index contributed by atoms with van der Waals surface area (Å²) in [6.45, 7) is 2.53. The summed E-state index contributed by atoms with van der Waals surface area (Å²) in [4.78, 5) is 12.3. The Balaban J connectivity index is 1.98. The van der Waals surface area contributed by atoms with E-state index < -0.39 is 5.97 Å². The van der Waals surface area contributed by atoms with E-state index in [0.717, 1.165) is 37.6 Å². The first kappa shape index (κ1) is 17.6. The van der Waals surface area contributed by atoms with Gasteiger partial charge in [-0.3, -0.25) is 0 Å². The Labute approximate surface area is 166 Å². The van der Waals surface area contributed by atoms with Crippen LogP contribution in [0.4, 0.5) is 0 Å². The van der Waals surface area contributed by atoms with Crippen molar-refractivity contribution in [3.8, 4) is 11.1 Å². The number of carbonyl (C=O) groups is 1. The van der Waals surface area contributed by atoms with Gasteiger partial charge in [-0.15, -0.1) is 0 Å². The molecule has 3 aromatic carbocycles. The smallest absolute Gasteiger partial charge is 0.353 e. The number of nitrogens with zero attached hydrogens (tertiary/aromatic N) is 1. The Morgan fingerprint density at radius 1 is 0.963 bits per heavy atom. The van der Waals surface area contributed by atoms with Gasteiger partial charge in [-0.25, -0.2) is 4.79 Å². The summed E-state index contributed by atoms with van der Waals surface area (Å²) < 4.78 is 2.90. The van der Waals surface area contributed by atoms with Crippen molar-refractivity contribution in [2.75, 3.05) is 0 Å². The molecule has 0 amide bonds. The van der Waals surface area contributed by atoms with Gasteiger partial charge in [-0.2, -0.15) is 0 Å². The molecule has 1 aromatic heterocycles. The average molecular weight is 420 g/mol. The minimum atomic E-state index is -0.918. The maximum atomic E-state index is 12.3. The third-order valence-corrected chi connectivity index (χ3v) is 5.30. The highest BCUT2D eigenvalue weighted by atomic mass is 79.9. The van der Waals surface area contributed by atoms with E-state index in [9.17, 15) is 9.90 Å². The van der Waals surface area contributed by atoms with E-state index in [1.165, 1.54) is 0 Å². The number of halogens is 1. The van der Waals surface area contributed by atoms with Crippen molar-refractivity contribution >= 4 is 32.8 Å². The molecule has 0 saturated heterocycles. The molecule has 1 N–H and O–H groups in total. The molecule has 1 heterocycles. The summed E-state index contributed by atoms with van der Waals surface area (Å²) in [6.07, 6.45) is 0. The van der Waals surface area contributed by atoms with Crippen LogP contribution < -0.4 is 0 Å². The Kier molecular flexibility index (Phi) is 4.58. The Morgan fingerprint density at radius 3 is 2.30 bits per heavy atom. The number of rotatable bonds is 4. The highest BCUT2D eigenvalue weighted by molar-refractivity contribution is 9.10. The molecule has 0 radical (unpaired) electrons. The molecule has 0 saturated carbocycles. The maximum Gasteiger partial charge on any atom is 0.353 e. The molecular weight excluding hydrogens is 402 g/mol. The number of para-hydroxylation sites is 1. The molecule has 0 aliphatic carbocycles. The lowest BCUT2D eigenvalue weighted by Crippen LogP contribution is -2.10. The first-order valence-corrected chi connectivity index (χ1v) is 9.50. The third kappa shape index (κ3) is 3.28. The van der Waals surface area contributed by atoms with Crippen LogP contribution in [-0.4, -0.2) is 15.6 Å². The minimum Gasteiger partial charge on any atom is -0.477 e. The van der Waals surface area contributed by atoms with Crippen molar-refractivity contribution in [2.45, 2.75) is 13.5 Å². The number of fused-ring (bicyclic) bond motifs is 1. The highest BCUT2D eigenvalue weighted by Crippen LogP contribution is 2.35. The number of carboxylic acids is 1. The molecule has 0 bridgehead atoms. The molecule has 4 aromatic rings. The summed E-state index contributed by atoms with van der Waals surface area (Å²) in [6, 6.07) is 23.9. The van der Waals surface area contributed by atoms with Gasteiger partial charge in [0.2, 0.25) is 0 Å². The Hall–Kier alpha value is -2.85. The quantitative estimate of drug-likeness (QED) is 0.432. The monoisotopic (exact) mass is 419 g/mol. The minimum absolute atomic E-state index is 0.322. The molecule has 0 aliphatic heterocycles. The molecule has 0 spiro atoms. The fraction of sp³-hybridized carbons (Fsp3) is 0.0870. The predicted molar refractivity (Wildman–Crippen MR) is 112 cm³/mol. The van der Waals surface area contributed by atoms with Crippen LogP contribution in [0.1, 0.15) is 21.6 Å². The topological polar surface area (TPSA) is 42.2 Å². The molecule has 0 unspecified atom stereocenters. The second kappa shape index (κ2) is 7.05. The maximum absolute atomic E-state index is 12.3. The number of aromatic nitrogens is 1. The van der Waals surface area contributed by atoms with Crippen molar-refractivity contribution < 1.29 is 9.90 Å². The van der Waals surface area contributed by atoms with Crippen molar-refractivity contribution in [3.63, 3.8) is 0 Å². The molecule has 0 aliphatic rings. The van der Waals surface area contributed by atoms with E-state index in [1.54, 1.807) is 0 Å². The van der Waals surface area contributed by atoms with Crippen LogP contribution in [0.15, 0.2) is 77.3 Å². The van der Waals surface area contributed by atoms with Crippen molar-refractivity contribution in [1.82, 2.24) is 4.57 Å². The fourth-order valence-corrected chi connectivity index (χ4v) is 3.74. The lowest BCUT2D eigenvalue weighted by atomic mass is 10.0. The zero-order chi connectivity index (χ0) is 19.0. The number of hydrogen-bond donors (Lipinski definition) is 1. The third-order valence-electron chi connectivity index (χ3n) is 4.77. The van der Waals surface area contributed by atoms with E-state index in [4.69, 9.17) is 0 Å². The van der Waals surface area contributed by atoms with Crippen LogP contribution in [0.25, 0.3) is 22.0 Å². The zero-order valence-electron chi connectivity index (χ0n) is 14.8. The summed E-state index contributed by atoms with van der Waals surface area (Å²) in [7, 11) is 0. The van der Waals surface area contributed by atoms with E-state index >= 15 is 0 Å². The van der Waals surface area contributed by atoms with Crippen molar-refractivity contribution in [1.29, 1.82) is 0 Å². The van der Waals surface area contributed by atoms with Gasteiger partial charge < -0.3 is 9.67 Å². The second-order valence-corrected chi connectivity index (χ2v) is 7.54.